The first-order chi connectivity index (χ1) is 9.36. The maximum atomic E-state index is 12.1. The summed E-state index contributed by atoms with van der Waals surface area (Å²) in [5.41, 5.74) is -1.43. The fraction of sp³-hybridized carbons (Fsp3) is 0.692. The second-order valence-electron chi connectivity index (χ2n) is 6.17. The minimum absolute atomic E-state index is 0.0791. The summed E-state index contributed by atoms with van der Waals surface area (Å²) in [6.45, 7) is 9.54. The lowest BCUT2D eigenvalue weighted by atomic mass is 9.86. The molecule has 0 spiro atoms. The van der Waals surface area contributed by atoms with Crippen LogP contribution < -0.4 is 5.32 Å². The van der Waals surface area contributed by atoms with Gasteiger partial charge in [0.05, 0.1) is 16.1 Å². The minimum atomic E-state index is -1.11. The molecule has 1 aromatic heterocycles. The molecule has 0 unspecified atom stereocenters. The average molecular weight is 298 g/mol. The highest BCUT2D eigenvalue weighted by molar-refractivity contribution is 5.76. The van der Waals surface area contributed by atoms with Crippen molar-refractivity contribution in [3.63, 3.8) is 0 Å². The smallest absolute Gasteiger partial charge is 0.312 e. The molecule has 0 aliphatic heterocycles. The minimum Gasteiger partial charge on any atom is -0.388 e. The summed E-state index contributed by atoms with van der Waals surface area (Å²) in [6.07, 6.45) is 0. The summed E-state index contributed by atoms with van der Waals surface area (Å²) in [5.74, 6) is -0.373. The predicted molar refractivity (Wildman–Crippen MR) is 76.9 cm³/mol. The highest BCUT2D eigenvalue weighted by atomic mass is 16.6. The number of aliphatic hydroxyl groups is 1. The van der Waals surface area contributed by atoms with Crippen LogP contribution in [0.2, 0.25) is 0 Å². The Labute approximate surface area is 123 Å². The first kappa shape index (κ1) is 17.1. The molecule has 0 aliphatic rings. The van der Waals surface area contributed by atoms with E-state index in [0.717, 1.165) is 0 Å². The number of aryl methyl sites for hydroxylation is 1. The van der Waals surface area contributed by atoms with Gasteiger partial charge in [-0.1, -0.05) is 0 Å². The average Bonchev–Trinajstić information content (AvgIpc) is 2.50. The summed E-state index contributed by atoms with van der Waals surface area (Å²) in [7, 11) is 0. The molecule has 0 saturated heterocycles. The fourth-order valence-electron chi connectivity index (χ4n) is 1.78. The molecule has 21 heavy (non-hydrogen) atoms. The van der Waals surface area contributed by atoms with Crippen LogP contribution in [0.1, 0.15) is 39.1 Å². The van der Waals surface area contributed by atoms with E-state index >= 15 is 0 Å². The van der Waals surface area contributed by atoms with Gasteiger partial charge in [0.15, 0.2) is 0 Å². The SMILES string of the molecule is Cc1nn(CC(=O)NC(C)(C)C(C)(C)O)c(C)c1[N+](=O)[O-]. The van der Waals surface area contributed by atoms with Crippen LogP contribution in [0.15, 0.2) is 0 Å². The van der Waals surface area contributed by atoms with Crippen LogP contribution in [-0.2, 0) is 11.3 Å². The molecule has 0 saturated carbocycles. The van der Waals surface area contributed by atoms with Crippen LogP contribution in [0.3, 0.4) is 0 Å². The number of nitro groups is 1. The third-order valence-electron chi connectivity index (χ3n) is 3.80. The van der Waals surface area contributed by atoms with E-state index in [1.54, 1.807) is 34.6 Å². The lowest BCUT2D eigenvalue weighted by Crippen LogP contribution is -2.58. The van der Waals surface area contributed by atoms with Gasteiger partial charge in [-0.25, -0.2) is 0 Å². The van der Waals surface area contributed by atoms with Crippen molar-refractivity contribution in [2.75, 3.05) is 0 Å². The van der Waals surface area contributed by atoms with Crippen molar-refractivity contribution in [2.24, 2.45) is 0 Å². The van der Waals surface area contributed by atoms with Crippen molar-refractivity contribution >= 4 is 11.6 Å². The van der Waals surface area contributed by atoms with Crippen molar-refractivity contribution in [3.8, 4) is 0 Å². The highest BCUT2D eigenvalue weighted by Gasteiger charge is 2.36. The second kappa shape index (κ2) is 5.44. The highest BCUT2D eigenvalue weighted by Crippen LogP contribution is 2.23. The largest absolute Gasteiger partial charge is 0.388 e. The Balaban J connectivity index is 2.91. The molecule has 1 heterocycles. The number of nitrogens with zero attached hydrogens (tertiary/aromatic N) is 3. The molecule has 8 nitrogen and oxygen atoms in total. The van der Waals surface area contributed by atoms with Crippen molar-refractivity contribution in [1.29, 1.82) is 0 Å². The van der Waals surface area contributed by atoms with Crippen molar-refractivity contribution in [3.05, 3.63) is 21.5 Å². The van der Waals surface area contributed by atoms with E-state index in [9.17, 15) is 20.0 Å². The molecule has 1 aromatic rings. The van der Waals surface area contributed by atoms with E-state index in [1.807, 2.05) is 0 Å². The van der Waals surface area contributed by atoms with Crippen LogP contribution >= 0.6 is 0 Å². The van der Waals surface area contributed by atoms with Gasteiger partial charge in [0.1, 0.15) is 17.9 Å². The summed E-state index contributed by atoms with van der Waals surface area (Å²) in [6, 6.07) is 0. The summed E-state index contributed by atoms with van der Waals surface area (Å²) < 4.78 is 1.29. The van der Waals surface area contributed by atoms with Gasteiger partial charge in [-0.3, -0.25) is 19.6 Å². The van der Waals surface area contributed by atoms with Gasteiger partial charge in [0, 0.05) is 0 Å². The Morgan fingerprint density at radius 2 is 1.90 bits per heavy atom. The molecule has 1 rings (SSSR count). The first-order valence-corrected chi connectivity index (χ1v) is 6.58. The van der Waals surface area contributed by atoms with E-state index in [2.05, 4.69) is 10.4 Å². The van der Waals surface area contributed by atoms with Gasteiger partial charge in [-0.15, -0.1) is 0 Å². The van der Waals surface area contributed by atoms with E-state index in [-0.39, 0.29) is 23.8 Å². The Bertz CT molecular complexity index is 569. The summed E-state index contributed by atoms with van der Waals surface area (Å²) in [5, 5.41) is 27.7. The maximum Gasteiger partial charge on any atom is 0.312 e. The monoisotopic (exact) mass is 298 g/mol. The van der Waals surface area contributed by atoms with Crippen molar-refractivity contribution < 1.29 is 14.8 Å². The van der Waals surface area contributed by atoms with E-state index < -0.39 is 16.1 Å². The van der Waals surface area contributed by atoms with Crippen LogP contribution in [0.5, 0.6) is 0 Å². The standard InChI is InChI=1S/C13H22N4O4/c1-8-11(17(20)21)9(2)16(15-8)7-10(18)14-12(3,4)13(5,6)19/h19H,7H2,1-6H3,(H,14,18). The zero-order valence-electron chi connectivity index (χ0n) is 13.2. The predicted octanol–water partition coefficient (Wildman–Crippen LogP) is 1.07. The fourth-order valence-corrected chi connectivity index (χ4v) is 1.78. The molecular weight excluding hydrogens is 276 g/mol. The molecule has 0 aromatic carbocycles. The Kier molecular flexibility index (Phi) is 4.43. The zero-order chi connectivity index (χ0) is 16.6. The quantitative estimate of drug-likeness (QED) is 0.624. The molecule has 0 atom stereocenters. The molecular formula is C13H22N4O4. The number of hydrogen-bond donors (Lipinski definition) is 2. The van der Waals surface area contributed by atoms with Gasteiger partial charge in [0.2, 0.25) is 5.91 Å². The number of carbonyl (C=O) groups is 1. The van der Waals surface area contributed by atoms with E-state index in [4.69, 9.17) is 0 Å². The number of aromatic nitrogens is 2. The summed E-state index contributed by atoms with van der Waals surface area (Å²) >= 11 is 0. The third kappa shape index (κ3) is 3.57. The lowest BCUT2D eigenvalue weighted by Gasteiger charge is -2.38. The summed E-state index contributed by atoms with van der Waals surface area (Å²) in [4.78, 5) is 22.5. The number of carbonyl (C=O) groups excluding carboxylic acids is 1. The topological polar surface area (TPSA) is 110 Å². The Morgan fingerprint density at radius 1 is 1.38 bits per heavy atom. The molecule has 118 valence electrons. The van der Waals surface area contributed by atoms with Crippen LogP contribution in [-0.4, -0.2) is 36.9 Å². The van der Waals surface area contributed by atoms with Crippen molar-refractivity contribution in [1.82, 2.24) is 15.1 Å². The van der Waals surface area contributed by atoms with Gasteiger partial charge in [0.25, 0.3) is 0 Å². The van der Waals surface area contributed by atoms with Gasteiger partial charge in [-0.05, 0) is 41.5 Å². The van der Waals surface area contributed by atoms with Gasteiger partial charge in [-0.2, -0.15) is 5.10 Å². The molecule has 2 N–H and O–H groups in total. The number of rotatable bonds is 5. The molecule has 0 aliphatic carbocycles. The lowest BCUT2D eigenvalue weighted by molar-refractivity contribution is -0.386. The maximum absolute atomic E-state index is 12.1. The van der Waals surface area contributed by atoms with E-state index in [0.29, 0.717) is 5.69 Å². The number of amides is 1. The zero-order valence-corrected chi connectivity index (χ0v) is 13.2. The molecule has 1 amide bonds. The Morgan fingerprint density at radius 3 is 2.29 bits per heavy atom. The molecule has 0 fully saturated rings. The van der Waals surface area contributed by atoms with Gasteiger partial charge >= 0.3 is 5.69 Å². The number of nitrogens with one attached hydrogen (secondary N) is 1. The molecule has 8 heteroatoms. The van der Waals surface area contributed by atoms with E-state index in [1.165, 1.54) is 11.6 Å². The van der Waals surface area contributed by atoms with Crippen LogP contribution in [0.4, 0.5) is 5.69 Å². The second-order valence-corrected chi connectivity index (χ2v) is 6.17. The Hall–Kier alpha value is -1.96. The van der Waals surface area contributed by atoms with Crippen LogP contribution in [0.25, 0.3) is 0 Å². The third-order valence-corrected chi connectivity index (χ3v) is 3.80. The van der Waals surface area contributed by atoms with Gasteiger partial charge < -0.3 is 10.4 Å². The molecule has 0 bridgehead atoms. The first-order valence-electron chi connectivity index (χ1n) is 6.58. The number of hydrogen-bond acceptors (Lipinski definition) is 5. The molecule has 0 radical (unpaired) electrons. The normalized spacial score (nSPS) is 12.3. The van der Waals surface area contributed by atoms with Crippen LogP contribution in [0, 0.1) is 24.0 Å². The van der Waals surface area contributed by atoms with Crippen molar-refractivity contribution in [2.45, 2.75) is 59.2 Å².